The highest BCUT2D eigenvalue weighted by atomic mass is 32.2. The van der Waals surface area contributed by atoms with Crippen LogP contribution in [0.1, 0.15) is 32.6 Å². The highest BCUT2D eigenvalue weighted by Gasteiger charge is 2.56. The molecule has 36 heavy (non-hydrogen) atoms. The fourth-order valence-corrected chi connectivity index (χ4v) is 5.65. The van der Waals surface area contributed by atoms with Crippen LogP contribution in [0.15, 0.2) is 22.4 Å². The number of esters is 4. The van der Waals surface area contributed by atoms with E-state index in [1.807, 2.05) is 17.5 Å². The van der Waals surface area contributed by atoms with Gasteiger partial charge in [-0.1, -0.05) is 30.0 Å². The summed E-state index contributed by atoms with van der Waals surface area (Å²) in [5.74, 6) is -3.47. The summed E-state index contributed by atoms with van der Waals surface area (Å²) in [6, 6.07) is 3.66. The molecule has 0 aliphatic carbocycles. The van der Waals surface area contributed by atoms with E-state index in [2.05, 4.69) is 0 Å². The second kappa shape index (κ2) is 12.0. The van der Waals surface area contributed by atoms with Gasteiger partial charge in [-0.05, 0) is 17.5 Å². The second-order valence-corrected chi connectivity index (χ2v) is 10.3. The topological polar surface area (TPSA) is 135 Å². The van der Waals surface area contributed by atoms with Crippen molar-refractivity contribution in [3.63, 3.8) is 0 Å². The molecule has 14 heteroatoms. The summed E-state index contributed by atoms with van der Waals surface area (Å²) < 4.78 is 27.4. The molecule has 3 heterocycles. The highest BCUT2D eigenvalue weighted by Crippen LogP contribution is 2.39. The van der Waals surface area contributed by atoms with Crippen LogP contribution in [0.3, 0.4) is 0 Å². The van der Waals surface area contributed by atoms with Crippen molar-refractivity contribution in [2.45, 2.75) is 58.3 Å². The molecule has 3 rings (SSSR count). The average Bonchev–Trinajstić information content (AvgIpc) is 3.37. The van der Waals surface area contributed by atoms with Crippen LogP contribution >= 0.6 is 35.3 Å². The molecule has 2 saturated heterocycles. The third kappa shape index (κ3) is 6.69. The van der Waals surface area contributed by atoms with Crippen LogP contribution < -0.4 is 0 Å². The molecule has 1 amide bonds. The lowest BCUT2D eigenvalue weighted by molar-refractivity contribution is -0.268. The largest absolute Gasteiger partial charge is 0.463 e. The number of rotatable bonds is 7. The highest BCUT2D eigenvalue weighted by molar-refractivity contribution is 8.26. The van der Waals surface area contributed by atoms with Crippen molar-refractivity contribution in [3.05, 3.63) is 27.3 Å². The Balaban J connectivity index is 2.04. The maximum atomic E-state index is 13.4. The molecule has 0 radical (unpaired) electrons. The van der Waals surface area contributed by atoms with Crippen LogP contribution in [0.2, 0.25) is 0 Å². The lowest BCUT2D eigenvalue weighted by Crippen LogP contribution is -2.66. The van der Waals surface area contributed by atoms with Gasteiger partial charge in [-0.15, -0.1) is 11.3 Å². The molecule has 0 N–H and O–H groups in total. The first kappa shape index (κ1) is 27.8. The van der Waals surface area contributed by atoms with Gasteiger partial charge >= 0.3 is 23.9 Å². The summed E-state index contributed by atoms with van der Waals surface area (Å²) in [7, 11) is 0. The predicted molar refractivity (Wildman–Crippen MR) is 131 cm³/mol. The van der Waals surface area contributed by atoms with Crippen molar-refractivity contribution in [1.82, 2.24) is 4.90 Å². The zero-order valence-corrected chi connectivity index (χ0v) is 22.1. The average molecular weight is 558 g/mol. The fraction of sp³-hybridized carbons (Fsp3) is 0.455. The van der Waals surface area contributed by atoms with Gasteiger partial charge in [0.05, 0.1) is 4.91 Å². The monoisotopic (exact) mass is 557 g/mol. The quantitative estimate of drug-likeness (QED) is 0.210. The minimum absolute atomic E-state index is 0.101. The molecule has 5 atom stereocenters. The van der Waals surface area contributed by atoms with E-state index in [0.717, 1.165) is 42.3 Å². The summed E-state index contributed by atoms with van der Waals surface area (Å²) in [5.41, 5.74) is 0. The molecular formula is C22H23NO10S3. The Morgan fingerprint density at radius 3 is 2.17 bits per heavy atom. The van der Waals surface area contributed by atoms with Gasteiger partial charge < -0.3 is 23.7 Å². The van der Waals surface area contributed by atoms with Crippen molar-refractivity contribution < 1.29 is 47.7 Å². The second-order valence-electron chi connectivity index (χ2n) is 7.66. The zero-order chi connectivity index (χ0) is 26.6. The molecule has 0 unspecified atom stereocenters. The van der Waals surface area contributed by atoms with Crippen LogP contribution in [0.4, 0.5) is 0 Å². The van der Waals surface area contributed by atoms with Gasteiger partial charge in [0.2, 0.25) is 0 Å². The summed E-state index contributed by atoms with van der Waals surface area (Å²) in [4.78, 5) is 63.0. The van der Waals surface area contributed by atoms with E-state index in [0.29, 0.717) is 4.91 Å². The van der Waals surface area contributed by atoms with Crippen molar-refractivity contribution in [3.8, 4) is 0 Å². The van der Waals surface area contributed by atoms with Crippen LogP contribution in [-0.2, 0) is 47.7 Å². The predicted octanol–water partition coefficient (Wildman–Crippen LogP) is 2.03. The first-order valence-corrected chi connectivity index (χ1v) is 12.7. The Labute approximate surface area is 220 Å². The van der Waals surface area contributed by atoms with Crippen LogP contribution in [0.5, 0.6) is 0 Å². The summed E-state index contributed by atoms with van der Waals surface area (Å²) in [6.45, 7) is 4.12. The third-order valence-corrected chi connectivity index (χ3v) is 7.01. The van der Waals surface area contributed by atoms with Crippen LogP contribution in [0, 0.1) is 0 Å². The minimum atomic E-state index is -1.42. The Morgan fingerprint density at radius 1 is 1.00 bits per heavy atom. The Kier molecular flexibility index (Phi) is 9.22. The Hall–Kier alpha value is -2.81. The number of thiocarbonyl (C=S) groups is 1. The van der Waals surface area contributed by atoms with Gasteiger partial charge in [0.1, 0.15) is 12.7 Å². The van der Waals surface area contributed by atoms with Gasteiger partial charge in [-0.2, -0.15) is 0 Å². The number of carbonyl (C=O) groups excluding carboxylic acids is 5. The van der Waals surface area contributed by atoms with E-state index in [9.17, 15) is 24.0 Å². The van der Waals surface area contributed by atoms with Crippen LogP contribution in [-0.4, -0.2) is 76.3 Å². The Bertz CT molecular complexity index is 1090. The molecule has 2 aliphatic heterocycles. The van der Waals surface area contributed by atoms with Gasteiger partial charge in [0.15, 0.2) is 28.9 Å². The smallest absolute Gasteiger partial charge is 0.303 e. The summed E-state index contributed by atoms with van der Waals surface area (Å²) >= 11 is 7.88. The number of ether oxygens (including phenoxy) is 5. The van der Waals surface area contributed by atoms with E-state index in [1.165, 1.54) is 18.3 Å². The summed E-state index contributed by atoms with van der Waals surface area (Å²) in [5, 5.41) is 1.85. The van der Waals surface area contributed by atoms with Gasteiger partial charge in [-0.25, -0.2) is 0 Å². The van der Waals surface area contributed by atoms with Gasteiger partial charge in [0.25, 0.3) is 5.91 Å². The maximum absolute atomic E-state index is 13.4. The molecule has 194 valence electrons. The molecule has 1 aromatic heterocycles. The minimum Gasteiger partial charge on any atom is -0.463 e. The van der Waals surface area contributed by atoms with E-state index < -0.39 is 67.0 Å². The molecule has 11 nitrogen and oxygen atoms in total. The first-order chi connectivity index (χ1) is 17.0. The van der Waals surface area contributed by atoms with Crippen molar-refractivity contribution in [1.29, 1.82) is 0 Å². The lowest BCUT2D eigenvalue weighted by atomic mass is 9.96. The van der Waals surface area contributed by atoms with E-state index in [4.69, 9.17) is 35.9 Å². The number of nitrogens with zero attached hydrogens (tertiary/aromatic N) is 1. The lowest BCUT2D eigenvalue weighted by Gasteiger charge is -2.46. The molecule has 0 aromatic carbocycles. The molecule has 2 fully saturated rings. The molecule has 0 saturated carbocycles. The molecule has 1 aromatic rings. The number of hydrogen-bond donors (Lipinski definition) is 0. The molecule has 2 aliphatic rings. The zero-order valence-electron chi connectivity index (χ0n) is 19.7. The van der Waals surface area contributed by atoms with Gasteiger partial charge in [0, 0.05) is 32.6 Å². The SMILES string of the molecule is CC(=O)OC[C@@H]1O[C@@H](N2C(=O)/C(=C/c3cccs3)SC2=S)[C@@H](OC(C)=O)[C@@H](OC(C)=O)[C@H]1OC(C)=O. The number of hydrogen-bond acceptors (Lipinski definition) is 13. The number of thiophene rings is 1. The van der Waals surface area contributed by atoms with E-state index >= 15 is 0 Å². The Morgan fingerprint density at radius 2 is 1.61 bits per heavy atom. The van der Waals surface area contributed by atoms with E-state index in [1.54, 1.807) is 6.08 Å². The van der Waals surface area contributed by atoms with E-state index in [-0.39, 0.29) is 4.32 Å². The van der Waals surface area contributed by atoms with Crippen molar-refractivity contribution >= 4 is 75.5 Å². The maximum Gasteiger partial charge on any atom is 0.303 e. The number of thioether (sulfide) groups is 1. The third-order valence-electron chi connectivity index (χ3n) is 4.86. The molecule has 0 spiro atoms. The summed E-state index contributed by atoms with van der Waals surface area (Å²) in [6.07, 6.45) is -5.06. The van der Waals surface area contributed by atoms with Crippen molar-refractivity contribution in [2.24, 2.45) is 0 Å². The van der Waals surface area contributed by atoms with Crippen LogP contribution in [0.25, 0.3) is 6.08 Å². The fourth-order valence-electron chi connectivity index (χ4n) is 3.62. The number of amides is 1. The molecular weight excluding hydrogens is 534 g/mol. The van der Waals surface area contributed by atoms with Gasteiger partial charge in [-0.3, -0.25) is 28.9 Å². The first-order valence-electron chi connectivity index (χ1n) is 10.6. The normalized spacial score (nSPS) is 27.1. The molecule has 0 bridgehead atoms. The van der Waals surface area contributed by atoms with Crippen molar-refractivity contribution in [2.75, 3.05) is 6.61 Å². The number of carbonyl (C=O) groups is 5. The standard InChI is InChI=1S/C22H23NO10S3/c1-10(24)29-9-15-17(30-11(2)25)18(31-12(3)26)19(32-13(4)27)21(33-15)23-20(28)16(36-22(23)34)8-14-6-5-7-35-14/h5-8,15,17-19,21H,9H2,1-4H3/b16-8-/t15-,17-,18-,19-,21+/m0/s1.